The second kappa shape index (κ2) is 6.99. The standard InChI is InChI=1S/C14H21FN2O/c1-10(2)11(3)17-14(18)16-9-8-12-6-4-5-7-13(12)15/h4-7,10-11H,8-9H2,1-3H3,(H2,16,17,18). The van der Waals surface area contributed by atoms with Gasteiger partial charge in [-0.2, -0.15) is 0 Å². The van der Waals surface area contributed by atoms with Gasteiger partial charge in [0.05, 0.1) is 0 Å². The zero-order valence-corrected chi connectivity index (χ0v) is 11.2. The summed E-state index contributed by atoms with van der Waals surface area (Å²) in [6, 6.07) is 6.52. The van der Waals surface area contributed by atoms with E-state index in [0.717, 1.165) is 0 Å². The summed E-state index contributed by atoms with van der Waals surface area (Å²) < 4.78 is 13.3. The average Bonchev–Trinajstić information content (AvgIpc) is 2.31. The summed E-state index contributed by atoms with van der Waals surface area (Å²) in [6.07, 6.45) is 0.496. The van der Waals surface area contributed by atoms with Gasteiger partial charge in [-0.05, 0) is 30.9 Å². The van der Waals surface area contributed by atoms with Crippen LogP contribution >= 0.6 is 0 Å². The van der Waals surface area contributed by atoms with Crippen LogP contribution in [0.2, 0.25) is 0 Å². The molecular formula is C14H21FN2O. The van der Waals surface area contributed by atoms with Crippen molar-refractivity contribution >= 4 is 6.03 Å². The van der Waals surface area contributed by atoms with Crippen molar-refractivity contribution in [3.05, 3.63) is 35.6 Å². The van der Waals surface area contributed by atoms with E-state index in [0.29, 0.717) is 24.4 Å². The molecule has 0 saturated carbocycles. The Morgan fingerprint density at radius 1 is 1.28 bits per heavy atom. The van der Waals surface area contributed by atoms with Crippen molar-refractivity contribution in [3.63, 3.8) is 0 Å². The first kappa shape index (κ1) is 14.5. The predicted molar refractivity (Wildman–Crippen MR) is 70.9 cm³/mol. The molecule has 4 heteroatoms. The molecule has 0 bridgehead atoms. The number of hydrogen-bond acceptors (Lipinski definition) is 1. The third kappa shape index (κ3) is 4.73. The van der Waals surface area contributed by atoms with Gasteiger partial charge in [0.15, 0.2) is 0 Å². The maximum Gasteiger partial charge on any atom is 0.315 e. The van der Waals surface area contributed by atoms with E-state index in [-0.39, 0.29) is 17.9 Å². The molecule has 2 N–H and O–H groups in total. The maximum absolute atomic E-state index is 13.3. The lowest BCUT2D eigenvalue weighted by Crippen LogP contribution is -2.43. The van der Waals surface area contributed by atoms with Gasteiger partial charge in [-0.1, -0.05) is 32.0 Å². The van der Waals surface area contributed by atoms with Crippen molar-refractivity contribution < 1.29 is 9.18 Å². The van der Waals surface area contributed by atoms with Crippen LogP contribution in [0.1, 0.15) is 26.3 Å². The van der Waals surface area contributed by atoms with Gasteiger partial charge in [-0.15, -0.1) is 0 Å². The SMILES string of the molecule is CC(C)C(C)NC(=O)NCCc1ccccc1F. The van der Waals surface area contributed by atoms with E-state index in [9.17, 15) is 9.18 Å². The summed E-state index contributed by atoms with van der Waals surface area (Å²) in [6.45, 7) is 6.48. The number of carbonyl (C=O) groups excluding carboxylic acids is 1. The van der Waals surface area contributed by atoms with Crippen molar-refractivity contribution in [1.29, 1.82) is 0 Å². The van der Waals surface area contributed by atoms with Crippen LogP contribution in [0.4, 0.5) is 9.18 Å². The molecule has 1 aromatic rings. The number of amides is 2. The molecule has 1 atom stereocenters. The molecule has 0 saturated heterocycles. The monoisotopic (exact) mass is 252 g/mol. The van der Waals surface area contributed by atoms with Crippen molar-refractivity contribution in [2.24, 2.45) is 5.92 Å². The molecular weight excluding hydrogens is 231 g/mol. The maximum atomic E-state index is 13.3. The van der Waals surface area contributed by atoms with Crippen LogP contribution in [0, 0.1) is 11.7 Å². The highest BCUT2D eigenvalue weighted by Crippen LogP contribution is 2.06. The van der Waals surface area contributed by atoms with Crippen molar-refractivity contribution in [2.75, 3.05) is 6.54 Å². The topological polar surface area (TPSA) is 41.1 Å². The van der Waals surface area contributed by atoms with E-state index >= 15 is 0 Å². The number of urea groups is 1. The van der Waals surface area contributed by atoms with Crippen LogP contribution < -0.4 is 10.6 Å². The number of rotatable bonds is 5. The van der Waals surface area contributed by atoms with Gasteiger partial charge in [0.1, 0.15) is 5.82 Å². The predicted octanol–water partition coefficient (Wildman–Crippen LogP) is 2.71. The summed E-state index contributed by atoms with van der Waals surface area (Å²) in [5, 5.41) is 5.56. The molecule has 0 aliphatic rings. The Hall–Kier alpha value is -1.58. The van der Waals surface area contributed by atoms with Gasteiger partial charge in [-0.3, -0.25) is 0 Å². The van der Waals surface area contributed by atoms with E-state index in [1.807, 2.05) is 20.8 Å². The number of benzene rings is 1. The Balaban J connectivity index is 2.30. The van der Waals surface area contributed by atoms with E-state index in [2.05, 4.69) is 10.6 Å². The van der Waals surface area contributed by atoms with Crippen LogP contribution in [0.15, 0.2) is 24.3 Å². The Morgan fingerprint density at radius 2 is 1.94 bits per heavy atom. The fourth-order valence-electron chi connectivity index (χ4n) is 1.44. The number of nitrogens with one attached hydrogen (secondary N) is 2. The first-order valence-electron chi connectivity index (χ1n) is 6.28. The average molecular weight is 252 g/mol. The fraction of sp³-hybridized carbons (Fsp3) is 0.500. The van der Waals surface area contributed by atoms with Gasteiger partial charge in [0, 0.05) is 12.6 Å². The number of halogens is 1. The van der Waals surface area contributed by atoms with Crippen LogP contribution in [-0.4, -0.2) is 18.6 Å². The molecule has 0 spiro atoms. The lowest BCUT2D eigenvalue weighted by atomic mass is 10.1. The number of hydrogen-bond donors (Lipinski definition) is 2. The van der Waals surface area contributed by atoms with Crippen molar-refractivity contribution in [3.8, 4) is 0 Å². The Morgan fingerprint density at radius 3 is 2.56 bits per heavy atom. The fourth-order valence-corrected chi connectivity index (χ4v) is 1.44. The molecule has 0 aliphatic heterocycles. The molecule has 1 unspecified atom stereocenters. The minimum absolute atomic E-state index is 0.124. The Labute approximate surface area is 108 Å². The van der Waals surface area contributed by atoms with Gasteiger partial charge in [-0.25, -0.2) is 9.18 Å². The quantitative estimate of drug-likeness (QED) is 0.831. The Kier molecular flexibility index (Phi) is 5.62. The van der Waals surface area contributed by atoms with Crippen molar-refractivity contribution in [2.45, 2.75) is 33.2 Å². The minimum atomic E-state index is -0.227. The first-order valence-corrected chi connectivity index (χ1v) is 6.28. The summed E-state index contributed by atoms with van der Waals surface area (Å²) in [7, 11) is 0. The Bertz CT molecular complexity index is 393. The van der Waals surface area contributed by atoms with Gasteiger partial charge in [0.2, 0.25) is 0 Å². The molecule has 0 heterocycles. The highest BCUT2D eigenvalue weighted by molar-refractivity contribution is 5.74. The molecule has 0 fully saturated rings. The molecule has 100 valence electrons. The highest BCUT2D eigenvalue weighted by Gasteiger charge is 2.10. The van der Waals surface area contributed by atoms with Gasteiger partial charge < -0.3 is 10.6 Å². The summed E-state index contributed by atoms with van der Waals surface area (Å²) >= 11 is 0. The molecule has 0 radical (unpaired) electrons. The lowest BCUT2D eigenvalue weighted by Gasteiger charge is -2.17. The second-order valence-corrected chi connectivity index (χ2v) is 4.77. The largest absolute Gasteiger partial charge is 0.338 e. The minimum Gasteiger partial charge on any atom is -0.338 e. The summed E-state index contributed by atoms with van der Waals surface area (Å²) in [5.41, 5.74) is 0.620. The smallest absolute Gasteiger partial charge is 0.315 e. The third-order valence-electron chi connectivity index (χ3n) is 3.00. The second-order valence-electron chi connectivity index (χ2n) is 4.77. The summed E-state index contributed by atoms with van der Waals surface area (Å²) in [5.74, 6) is 0.164. The van der Waals surface area contributed by atoms with E-state index in [4.69, 9.17) is 0 Å². The molecule has 2 amide bonds. The highest BCUT2D eigenvalue weighted by atomic mass is 19.1. The van der Waals surface area contributed by atoms with Crippen LogP contribution in [0.25, 0.3) is 0 Å². The van der Waals surface area contributed by atoms with E-state index in [1.54, 1.807) is 18.2 Å². The van der Waals surface area contributed by atoms with Crippen LogP contribution in [0.5, 0.6) is 0 Å². The normalized spacial score (nSPS) is 12.3. The van der Waals surface area contributed by atoms with Crippen LogP contribution in [0.3, 0.4) is 0 Å². The summed E-state index contributed by atoms with van der Waals surface area (Å²) in [4.78, 5) is 11.5. The van der Waals surface area contributed by atoms with Crippen LogP contribution in [-0.2, 0) is 6.42 Å². The van der Waals surface area contributed by atoms with E-state index < -0.39 is 0 Å². The molecule has 0 aliphatic carbocycles. The van der Waals surface area contributed by atoms with E-state index in [1.165, 1.54) is 6.07 Å². The molecule has 3 nitrogen and oxygen atoms in total. The van der Waals surface area contributed by atoms with Crippen molar-refractivity contribution in [1.82, 2.24) is 10.6 Å². The molecule has 18 heavy (non-hydrogen) atoms. The van der Waals surface area contributed by atoms with Gasteiger partial charge >= 0.3 is 6.03 Å². The molecule has 0 aromatic heterocycles. The zero-order valence-electron chi connectivity index (χ0n) is 11.2. The lowest BCUT2D eigenvalue weighted by molar-refractivity contribution is 0.234. The van der Waals surface area contributed by atoms with Gasteiger partial charge in [0.25, 0.3) is 0 Å². The first-order chi connectivity index (χ1) is 8.50. The number of carbonyl (C=O) groups is 1. The zero-order chi connectivity index (χ0) is 13.5. The third-order valence-corrected chi connectivity index (χ3v) is 3.00. The molecule has 1 aromatic carbocycles. The molecule has 1 rings (SSSR count).